The lowest BCUT2D eigenvalue weighted by atomic mass is 10.3. The Morgan fingerprint density at radius 1 is 1.25 bits per heavy atom. The topological polar surface area (TPSA) is 96.0 Å². The summed E-state index contributed by atoms with van der Waals surface area (Å²) in [5.41, 5.74) is 0.202. The zero-order valence-corrected chi connectivity index (χ0v) is 14.1. The number of nitrogens with one attached hydrogen (secondary N) is 1. The highest BCUT2D eigenvalue weighted by Crippen LogP contribution is 2.29. The molecule has 1 aromatic rings. The van der Waals surface area contributed by atoms with Crippen LogP contribution in [0.2, 0.25) is 10.0 Å². The van der Waals surface area contributed by atoms with Gasteiger partial charge in [-0.25, -0.2) is 4.79 Å². The molecule has 0 unspecified atom stereocenters. The van der Waals surface area contributed by atoms with E-state index in [1.165, 1.54) is 24.1 Å². The predicted molar refractivity (Wildman–Crippen MR) is 85.8 cm³/mol. The molecule has 24 heavy (non-hydrogen) atoms. The number of hydrogen-bond donors (Lipinski definition) is 1. The van der Waals surface area contributed by atoms with Gasteiger partial charge in [0.25, 0.3) is 11.8 Å². The van der Waals surface area contributed by atoms with E-state index in [4.69, 9.17) is 27.9 Å². The van der Waals surface area contributed by atoms with Crippen molar-refractivity contribution in [2.24, 2.45) is 0 Å². The highest BCUT2D eigenvalue weighted by Gasteiger charge is 2.35. The molecule has 4 amide bonds. The summed E-state index contributed by atoms with van der Waals surface area (Å²) < 4.78 is 4.75. The Bertz CT molecular complexity index is 689. The number of carbonyl (C=O) groups is 4. The van der Waals surface area contributed by atoms with Gasteiger partial charge in [0.2, 0.25) is 0 Å². The van der Waals surface area contributed by atoms with Crippen LogP contribution < -0.4 is 5.32 Å². The van der Waals surface area contributed by atoms with Crippen molar-refractivity contribution in [2.45, 2.75) is 0 Å². The van der Waals surface area contributed by atoms with Gasteiger partial charge in [-0.3, -0.25) is 19.3 Å². The zero-order chi connectivity index (χ0) is 17.9. The number of halogens is 2. The molecule has 2 rings (SSSR count). The van der Waals surface area contributed by atoms with Crippen LogP contribution in [0.3, 0.4) is 0 Å². The lowest BCUT2D eigenvalue weighted by Crippen LogP contribution is -2.37. The fourth-order valence-corrected chi connectivity index (χ4v) is 2.43. The summed E-state index contributed by atoms with van der Waals surface area (Å²) in [7, 11) is 1.44. The smallest absolute Gasteiger partial charge is 0.327 e. The van der Waals surface area contributed by atoms with E-state index in [0.717, 1.165) is 4.90 Å². The number of hydrogen-bond acceptors (Lipinski definition) is 5. The molecule has 1 N–H and O–H groups in total. The van der Waals surface area contributed by atoms with Crippen molar-refractivity contribution in [3.8, 4) is 0 Å². The average Bonchev–Trinajstić information content (AvgIpc) is 2.75. The Morgan fingerprint density at radius 3 is 2.42 bits per heavy atom. The van der Waals surface area contributed by atoms with E-state index in [9.17, 15) is 19.2 Å². The second-order valence-corrected chi connectivity index (χ2v) is 5.74. The van der Waals surface area contributed by atoms with Crippen LogP contribution in [-0.4, -0.2) is 60.4 Å². The SMILES string of the molecule is CN1CC(=O)N(CC(=O)OCC(=O)Nc2c(Cl)cccc2Cl)C1=O. The molecule has 1 fully saturated rings. The Labute approximate surface area is 147 Å². The molecule has 1 saturated heterocycles. The summed E-state index contributed by atoms with van der Waals surface area (Å²) in [6, 6.07) is 4.09. The minimum absolute atomic E-state index is 0.0996. The van der Waals surface area contributed by atoms with Crippen LogP contribution in [0.15, 0.2) is 18.2 Å². The first-order chi connectivity index (χ1) is 11.3. The Morgan fingerprint density at radius 2 is 1.88 bits per heavy atom. The van der Waals surface area contributed by atoms with Crippen LogP contribution in [0, 0.1) is 0 Å². The van der Waals surface area contributed by atoms with E-state index >= 15 is 0 Å². The molecule has 0 radical (unpaired) electrons. The van der Waals surface area contributed by atoms with Crippen molar-refractivity contribution in [3.05, 3.63) is 28.2 Å². The summed E-state index contributed by atoms with van der Waals surface area (Å²) >= 11 is 11.8. The number of anilines is 1. The predicted octanol–water partition coefficient (Wildman–Crippen LogP) is 1.37. The van der Waals surface area contributed by atoms with E-state index in [2.05, 4.69) is 5.32 Å². The minimum atomic E-state index is -0.882. The number of likely N-dealkylation sites (N-methyl/N-ethyl adjacent to an activating group) is 1. The minimum Gasteiger partial charge on any atom is -0.454 e. The van der Waals surface area contributed by atoms with Gasteiger partial charge in [-0.1, -0.05) is 29.3 Å². The number of nitrogens with zero attached hydrogens (tertiary/aromatic N) is 2. The zero-order valence-electron chi connectivity index (χ0n) is 12.5. The second-order valence-electron chi connectivity index (χ2n) is 4.92. The van der Waals surface area contributed by atoms with Crippen molar-refractivity contribution in [1.29, 1.82) is 0 Å². The lowest BCUT2D eigenvalue weighted by molar-refractivity contribution is -0.149. The maximum Gasteiger partial charge on any atom is 0.327 e. The first-order valence-electron chi connectivity index (χ1n) is 6.74. The van der Waals surface area contributed by atoms with Crippen molar-refractivity contribution in [3.63, 3.8) is 0 Å². The van der Waals surface area contributed by atoms with Gasteiger partial charge in [-0.2, -0.15) is 0 Å². The molecule has 0 saturated carbocycles. The van der Waals surface area contributed by atoms with Crippen LogP contribution >= 0.6 is 23.2 Å². The number of ether oxygens (including phenoxy) is 1. The van der Waals surface area contributed by atoms with Gasteiger partial charge >= 0.3 is 12.0 Å². The summed E-state index contributed by atoms with van der Waals surface area (Å²) in [6.45, 7) is -1.26. The van der Waals surface area contributed by atoms with Crippen molar-refractivity contribution < 1.29 is 23.9 Å². The quantitative estimate of drug-likeness (QED) is 0.620. The molecule has 1 heterocycles. The monoisotopic (exact) mass is 373 g/mol. The van der Waals surface area contributed by atoms with Gasteiger partial charge < -0.3 is 15.0 Å². The van der Waals surface area contributed by atoms with Crippen LogP contribution in [-0.2, 0) is 19.1 Å². The Hall–Kier alpha value is -2.32. The second kappa shape index (κ2) is 7.50. The highest BCUT2D eigenvalue weighted by atomic mass is 35.5. The fourth-order valence-electron chi connectivity index (χ4n) is 1.94. The molecular formula is C14H13Cl2N3O5. The molecule has 0 bridgehead atoms. The van der Waals surface area contributed by atoms with E-state index in [0.29, 0.717) is 0 Å². The summed E-state index contributed by atoms with van der Waals surface area (Å²) in [6.07, 6.45) is 0. The van der Waals surface area contributed by atoms with Crippen LogP contribution in [0.25, 0.3) is 0 Å². The molecule has 1 aliphatic heterocycles. The summed E-state index contributed by atoms with van der Waals surface area (Å²) in [5, 5.41) is 2.89. The largest absolute Gasteiger partial charge is 0.454 e. The van der Waals surface area contributed by atoms with Gasteiger partial charge in [0.05, 0.1) is 15.7 Å². The molecule has 128 valence electrons. The summed E-state index contributed by atoms with van der Waals surface area (Å²) in [5.74, 6) is -2.05. The number of urea groups is 1. The van der Waals surface area contributed by atoms with Gasteiger partial charge in [0.15, 0.2) is 6.61 Å². The van der Waals surface area contributed by atoms with Gasteiger partial charge in [-0.15, -0.1) is 0 Å². The maximum absolute atomic E-state index is 11.8. The maximum atomic E-state index is 11.8. The molecule has 0 atom stereocenters. The van der Waals surface area contributed by atoms with Crippen molar-refractivity contribution in [1.82, 2.24) is 9.80 Å². The van der Waals surface area contributed by atoms with E-state index in [-0.39, 0.29) is 22.3 Å². The third-order valence-electron chi connectivity index (χ3n) is 3.11. The third-order valence-corrected chi connectivity index (χ3v) is 3.74. The molecule has 1 aromatic carbocycles. The van der Waals surface area contributed by atoms with Gasteiger partial charge in [-0.05, 0) is 12.1 Å². The average molecular weight is 374 g/mol. The molecule has 0 spiro atoms. The number of amides is 4. The molecule has 8 nitrogen and oxygen atoms in total. The van der Waals surface area contributed by atoms with Crippen LogP contribution in [0.4, 0.5) is 10.5 Å². The third kappa shape index (κ3) is 4.15. The van der Waals surface area contributed by atoms with Gasteiger partial charge in [0.1, 0.15) is 13.1 Å². The first kappa shape index (κ1) is 18.0. The van der Waals surface area contributed by atoms with Crippen molar-refractivity contribution in [2.75, 3.05) is 32.1 Å². The number of rotatable bonds is 5. The van der Waals surface area contributed by atoms with E-state index in [1.54, 1.807) is 6.07 Å². The number of imide groups is 1. The number of para-hydroxylation sites is 1. The van der Waals surface area contributed by atoms with E-state index in [1.807, 2.05) is 0 Å². The molecule has 10 heteroatoms. The number of esters is 1. The lowest BCUT2D eigenvalue weighted by Gasteiger charge is -2.13. The normalized spacial score (nSPS) is 14.1. The van der Waals surface area contributed by atoms with Crippen LogP contribution in [0.5, 0.6) is 0 Å². The fraction of sp³-hybridized carbons (Fsp3) is 0.286. The Balaban J connectivity index is 1.85. The molecule has 0 aromatic heterocycles. The number of benzene rings is 1. The van der Waals surface area contributed by atoms with Gasteiger partial charge in [0, 0.05) is 7.05 Å². The molecular weight excluding hydrogens is 361 g/mol. The molecule has 0 aliphatic carbocycles. The number of carbonyl (C=O) groups excluding carboxylic acids is 4. The first-order valence-corrected chi connectivity index (χ1v) is 7.50. The van der Waals surface area contributed by atoms with Crippen LogP contribution in [0.1, 0.15) is 0 Å². The molecule has 1 aliphatic rings. The Kier molecular flexibility index (Phi) is 5.63. The highest BCUT2D eigenvalue weighted by molar-refractivity contribution is 6.39. The van der Waals surface area contributed by atoms with Crippen molar-refractivity contribution >= 4 is 52.7 Å². The summed E-state index contributed by atoms with van der Waals surface area (Å²) in [4.78, 5) is 48.5. The standard InChI is InChI=1S/C14H13Cl2N3O5/c1-18-5-11(21)19(14(18)23)6-12(22)24-7-10(20)17-13-8(15)3-2-4-9(13)16/h2-4H,5-7H2,1H3,(H,17,20). The van der Waals surface area contributed by atoms with E-state index < -0.39 is 37.0 Å².